The number of ether oxygens (including phenoxy) is 1. The summed E-state index contributed by atoms with van der Waals surface area (Å²) in [5.41, 5.74) is 2.30. The summed E-state index contributed by atoms with van der Waals surface area (Å²) in [5.74, 6) is 0.275. The van der Waals surface area contributed by atoms with Crippen molar-refractivity contribution < 1.29 is 13.9 Å². The number of nitrogens with one attached hydrogen (secondary N) is 1. The Hall–Kier alpha value is -3.67. The summed E-state index contributed by atoms with van der Waals surface area (Å²) >= 11 is 0. The summed E-state index contributed by atoms with van der Waals surface area (Å²) < 4.78 is 21.0. The molecule has 1 aromatic heterocycles. The lowest BCUT2D eigenvalue weighted by Gasteiger charge is -2.22. The van der Waals surface area contributed by atoms with Crippen LogP contribution in [-0.4, -0.2) is 27.8 Å². The average Bonchev–Trinajstić information content (AvgIpc) is 3.18. The van der Waals surface area contributed by atoms with Gasteiger partial charge in [0.1, 0.15) is 17.7 Å². The summed E-state index contributed by atoms with van der Waals surface area (Å²) in [7, 11) is 0. The zero-order valence-corrected chi connectivity index (χ0v) is 16.7. The smallest absolute Gasteiger partial charge is 0.251 e. The maximum atomic E-state index is 13.2. The first-order chi connectivity index (χ1) is 14.5. The fourth-order valence-electron chi connectivity index (χ4n) is 3.19. The van der Waals surface area contributed by atoms with E-state index in [1.54, 1.807) is 35.1 Å². The molecule has 6 heteroatoms. The van der Waals surface area contributed by atoms with E-state index in [0.29, 0.717) is 11.3 Å². The number of nitrogens with zero attached hydrogens (tertiary/aromatic N) is 2. The van der Waals surface area contributed by atoms with Crippen LogP contribution in [0.4, 0.5) is 4.39 Å². The van der Waals surface area contributed by atoms with Gasteiger partial charge in [-0.25, -0.2) is 9.07 Å². The number of carbonyl (C=O) groups excluding carboxylic acids is 1. The third kappa shape index (κ3) is 4.17. The Bertz CT molecular complexity index is 1160. The predicted octanol–water partition coefficient (Wildman–Crippen LogP) is 4.75. The number of carbonyl (C=O) groups is 1. The van der Waals surface area contributed by atoms with Crippen molar-refractivity contribution in [3.05, 3.63) is 90.4 Å². The first-order valence-electron chi connectivity index (χ1n) is 9.77. The van der Waals surface area contributed by atoms with Crippen LogP contribution in [0.15, 0.2) is 79.0 Å². The molecule has 0 saturated carbocycles. The lowest BCUT2D eigenvalue weighted by molar-refractivity contribution is 0.0894. The summed E-state index contributed by atoms with van der Waals surface area (Å²) in [6.45, 7) is 3.83. The molecule has 0 spiro atoms. The molecule has 1 heterocycles. The summed E-state index contributed by atoms with van der Waals surface area (Å²) in [4.78, 5) is 12.3. The fraction of sp³-hybridized carbons (Fsp3) is 0.167. The Morgan fingerprint density at radius 2 is 1.77 bits per heavy atom. The molecule has 0 saturated heterocycles. The van der Waals surface area contributed by atoms with Crippen LogP contribution < -0.4 is 10.1 Å². The maximum Gasteiger partial charge on any atom is 0.251 e. The highest BCUT2D eigenvalue weighted by Crippen LogP contribution is 2.24. The second-order valence-corrected chi connectivity index (χ2v) is 7.20. The maximum absolute atomic E-state index is 13.2. The summed E-state index contributed by atoms with van der Waals surface area (Å²) in [5, 5.41) is 8.29. The molecule has 2 atom stereocenters. The molecule has 0 aliphatic rings. The van der Waals surface area contributed by atoms with Crippen molar-refractivity contribution in [3.63, 3.8) is 0 Å². The van der Waals surface area contributed by atoms with Crippen LogP contribution in [0, 0.1) is 5.82 Å². The highest BCUT2D eigenvalue weighted by atomic mass is 19.1. The number of hydrogen-bond acceptors (Lipinski definition) is 3. The number of benzene rings is 3. The number of aromatic nitrogens is 2. The fourth-order valence-corrected chi connectivity index (χ4v) is 3.19. The molecule has 0 unspecified atom stereocenters. The molecule has 0 fully saturated rings. The predicted molar refractivity (Wildman–Crippen MR) is 114 cm³/mol. The van der Waals surface area contributed by atoms with E-state index < -0.39 is 0 Å². The van der Waals surface area contributed by atoms with E-state index in [0.717, 1.165) is 16.6 Å². The van der Waals surface area contributed by atoms with E-state index >= 15 is 0 Å². The highest BCUT2D eigenvalue weighted by molar-refractivity contribution is 5.94. The lowest BCUT2D eigenvalue weighted by atomic mass is 10.1. The quantitative estimate of drug-likeness (QED) is 0.505. The van der Waals surface area contributed by atoms with Crippen LogP contribution >= 0.6 is 0 Å². The van der Waals surface area contributed by atoms with E-state index in [1.165, 1.54) is 12.1 Å². The van der Waals surface area contributed by atoms with Crippen molar-refractivity contribution >= 4 is 16.8 Å². The molecule has 5 nitrogen and oxygen atoms in total. The Kier molecular flexibility index (Phi) is 5.48. The van der Waals surface area contributed by atoms with Gasteiger partial charge in [0.15, 0.2) is 0 Å². The number of amides is 1. The Balaban J connectivity index is 1.46. The van der Waals surface area contributed by atoms with Gasteiger partial charge in [0.25, 0.3) is 5.91 Å². The topological polar surface area (TPSA) is 56.1 Å². The van der Waals surface area contributed by atoms with E-state index in [-0.39, 0.29) is 23.9 Å². The van der Waals surface area contributed by atoms with E-state index in [2.05, 4.69) is 10.4 Å². The molecule has 4 aromatic rings. The van der Waals surface area contributed by atoms with Crippen molar-refractivity contribution in [1.82, 2.24) is 15.1 Å². The zero-order valence-electron chi connectivity index (χ0n) is 16.7. The van der Waals surface area contributed by atoms with Gasteiger partial charge in [0.2, 0.25) is 0 Å². The van der Waals surface area contributed by atoms with E-state index in [4.69, 9.17) is 4.74 Å². The van der Waals surface area contributed by atoms with Crippen LogP contribution in [-0.2, 0) is 0 Å². The third-order valence-corrected chi connectivity index (χ3v) is 5.03. The zero-order chi connectivity index (χ0) is 21.1. The van der Waals surface area contributed by atoms with Crippen molar-refractivity contribution in [3.8, 4) is 11.4 Å². The number of hydrogen-bond donors (Lipinski definition) is 1. The largest absolute Gasteiger partial charge is 0.489 e. The van der Waals surface area contributed by atoms with Gasteiger partial charge in [-0.15, -0.1) is 0 Å². The standard InChI is InChI=1S/C24H22FN3O2/c1-16(27-24(29)18-6-4-3-5-7-18)17(2)30-22-12-13-23-19(14-22)15-26-28(23)21-10-8-20(25)9-11-21/h3-17H,1-2H3,(H,27,29)/t16-,17+/m0/s1. The second-order valence-electron chi connectivity index (χ2n) is 7.20. The van der Waals surface area contributed by atoms with Gasteiger partial charge in [0, 0.05) is 10.9 Å². The number of rotatable bonds is 6. The van der Waals surface area contributed by atoms with Gasteiger partial charge >= 0.3 is 0 Å². The van der Waals surface area contributed by atoms with Gasteiger partial charge in [-0.3, -0.25) is 4.79 Å². The minimum absolute atomic E-state index is 0.130. The minimum Gasteiger partial charge on any atom is -0.489 e. The van der Waals surface area contributed by atoms with E-state index in [1.807, 2.05) is 50.2 Å². The lowest BCUT2D eigenvalue weighted by Crippen LogP contribution is -2.42. The van der Waals surface area contributed by atoms with Gasteiger partial charge in [0.05, 0.1) is 23.4 Å². The third-order valence-electron chi connectivity index (χ3n) is 5.03. The molecule has 30 heavy (non-hydrogen) atoms. The first-order valence-corrected chi connectivity index (χ1v) is 9.77. The molecule has 0 aliphatic carbocycles. The van der Waals surface area contributed by atoms with Gasteiger partial charge in [-0.1, -0.05) is 18.2 Å². The van der Waals surface area contributed by atoms with Crippen LogP contribution in [0.5, 0.6) is 5.75 Å². The van der Waals surface area contributed by atoms with Crippen molar-refractivity contribution in [2.45, 2.75) is 26.0 Å². The van der Waals surface area contributed by atoms with Crippen LogP contribution in [0.2, 0.25) is 0 Å². The summed E-state index contributed by atoms with van der Waals surface area (Å²) in [6.07, 6.45) is 1.51. The molecule has 0 radical (unpaired) electrons. The van der Waals surface area contributed by atoms with Crippen LogP contribution in [0.25, 0.3) is 16.6 Å². The normalized spacial score (nSPS) is 13.0. The minimum atomic E-state index is -0.284. The molecule has 152 valence electrons. The molecule has 4 rings (SSSR count). The molecule has 0 aliphatic heterocycles. The second kappa shape index (κ2) is 8.37. The monoisotopic (exact) mass is 403 g/mol. The average molecular weight is 403 g/mol. The molecule has 1 amide bonds. The van der Waals surface area contributed by atoms with Crippen molar-refractivity contribution in [2.75, 3.05) is 0 Å². The molecule has 3 aromatic carbocycles. The van der Waals surface area contributed by atoms with Crippen molar-refractivity contribution in [1.29, 1.82) is 0 Å². The Morgan fingerprint density at radius 3 is 2.50 bits per heavy atom. The van der Waals surface area contributed by atoms with Crippen LogP contribution in [0.1, 0.15) is 24.2 Å². The van der Waals surface area contributed by atoms with Gasteiger partial charge in [-0.2, -0.15) is 5.10 Å². The Morgan fingerprint density at radius 1 is 1.03 bits per heavy atom. The Labute approximate surface area is 174 Å². The van der Waals surface area contributed by atoms with Crippen LogP contribution in [0.3, 0.4) is 0 Å². The van der Waals surface area contributed by atoms with Gasteiger partial charge in [-0.05, 0) is 68.4 Å². The highest BCUT2D eigenvalue weighted by Gasteiger charge is 2.18. The number of fused-ring (bicyclic) bond motifs is 1. The summed E-state index contributed by atoms with van der Waals surface area (Å²) in [6, 6.07) is 20.8. The molecular weight excluding hydrogens is 381 g/mol. The van der Waals surface area contributed by atoms with Gasteiger partial charge < -0.3 is 10.1 Å². The molecule has 1 N–H and O–H groups in total. The molecular formula is C24H22FN3O2. The molecule has 0 bridgehead atoms. The number of halogens is 1. The first kappa shape index (κ1) is 19.6. The SMILES string of the molecule is C[C@H](NC(=O)c1ccccc1)[C@@H](C)Oc1ccc2c(cnn2-c2ccc(F)cc2)c1. The van der Waals surface area contributed by atoms with Crippen molar-refractivity contribution in [2.24, 2.45) is 0 Å². The van der Waals surface area contributed by atoms with E-state index in [9.17, 15) is 9.18 Å².